The fraction of sp³-hybridized carbons (Fsp3) is 0.200. The number of aldehydes is 1. The molecule has 1 aromatic rings. The summed E-state index contributed by atoms with van der Waals surface area (Å²) in [5.41, 5.74) is -2.37. The third-order valence-corrected chi connectivity index (χ3v) is 2.00. The monoisotopic (exact) mass is 248 g/mol. The van der Waals surface area contributed by atoms with E-state index in [2.05, 4.69) is 4.74 Å². The maximum absolute atomic E-state index is 12.6. The smallest absolute Gasteiger partial charge is 0.420 e. The number of methoxy groups -OCH3 is 1. The van der Waals surface area contributed by atoms with Crippen molar-refractivity contribution < 1.29 is 32.6 Å². The van der Waals surface area contributed by atoms with Crippen molar-refractivity contribution in [3.8, 4) is 5.75 Å². The van der Waals surface area contributed by atoms with E-state index in [1.807, 2.05) is 0 Å². The Hall–Kier alpha value is -2.05. The summed E-state index contributed by atoms with van der Waals surface area (Å²) in [5, 5.41) is 8.63. The van der Waals surface area contributed by atoms with Crippen LogP contribution in [0, 0.1) is 0 Å². The van der Waals surface area contributed by atoms with Crippen LogP contribution in [0.1, 0.15) is 26.3 Å². The van der Waals surface area contributed by atoms with Crippen molar-refractivity contribution in [1.29, 1.82) is 0 Å². The van der Waals surface area contributed by atoms with Crippen molar-refractivity contribution in [3.05, 3.63) is 28.8 Å². The Morgan fingerprint density at radius 1 is 1.41 bits per heavy atom. The lowest BCUT2D eigenvalue weighted by atomic mass is 10.0. The van der Waals surface area contributed by atoms with Crippen LogP contribution in [-0.2, 0) is 6.18 Å². The fourth-order valence-electron chi connectivity index (χ4n) is 1.30. The molecule has 0 bridgehead atoms. The van der Waals surface area contributed by atoms with Gasteiger partial charge in [0.15, 0.2) is 6.29 Å². The summed E-state index contributed by atoms with van der Waals surface area (Å²) in [6.07, 6.45) is -4.69. The zero-order valence-electron chi connectivity index (χ0n) is 8.54. The Balaban J connectivity index is 3.59. The molecule has 7 heteroatoms. The van der Waals surface area contributed by atoms with E-state index >= 15 is 0 Å². The lowest BCUT2D eigenvalue weighted by molar-refractivity contribution is -0.138. The van der Waals surface area contributed by atoms with Gasteiger partial charge >= 0.3 is 12.1 Å². The second-order valence-corrected chi connectivity index (χ2v) is 3.07. The topological polar surface area (TPSA) is 63.6 Å². The molecule has 0 aliphatic heterocycles. The van der Waals surface area contributed by atoms with Crippen molar-refractivity contribution in [1.82, 2.24) is 0 Å². The molecule has 0 aromatic heterocycles. The third kappa shape index (κ3) is 2.55. The van der Waals surface area contributed by atoms with Crippen molar-refractivity contribution in [2.24, 2.45) is 0 Å². The highest BCUT2D eigenvalue weighted by Crippen LogP contribution is 2.38. The summed E-state index contributed by atoms with van der Waals surface area (Å²) in [4.78, 5) is 21.2. The third-order valence-electron chi connectivity index (χ3n) is 2.00. The van der Waals surface area contributed by atoms with Gasteiger partial charge in [-0.15, -0.1) is 0 Å². The van der Waals surface area contributed by atoms with Crippen LogP contribution in [0.15, 0.2) is 12.1 Å². The Morgan fingerprint density at radius 2 is 2.00 bits per heavy atom. The molecular formula is C10H7F3O4. The molecule has 92 valence electrons. The van der Waals surface area contributed by atoms with E-state index < -0.39 is 34.6 Å². The maximum atomic E-state index is 12.6. The van der Waals surface area contributed by atoms with E-state index in [0.717, 1.165) is 13.2 Å². The summed E-state index contributed by atoms with van der Waals surface area (Å²) in [7, 11) is 0.970. The predicted molar refractivity (Wildman–Crippen MR) is 50.3 cm³/mol. The van der Waals surface area contributed by atoms with Crippen molar-refractivity contribution in [2.45, 2.75) is 6.18 Å². The number of carbonyl (C=O) groups is 2. The van der Waals surface area contributed by atoms with Crippen LogP contribution in [0.3, 0.4) is 0 Å². The minimum atomic E-state index is -4.80. The summed E-state index contributed by atoms with van der Waals surface area (Å²) in [6.45, 7) is 0. The van der Waals surface area contributed by atoms with Gasteiger partial charge in [-0.3, -0.25) is 4.79 Å². The number of carboxylic acids is 1. The second-order valence-electron chi connectivity index (χ2n) is 3.07. The van der Waals surface area contributed by atoms with Crippen LogP contribution in [0.4, 0.5) is 13.2 Å². The van der Waals surface area contributed by atoms with Crippen LogP contribution < -0.4 is 4.74 Å². The van der Waals surface area contributed by atoms with Crippen LogP contribution in [-0.4, -0.2) is 24.5 Å². The highest BCUT2D eigenvalue weighted by atomic mass is 19.4. The largest absolute Gasteiger partial charge is 0.495 e. The first-order valence-electron chi connectivity index (χ1n) is 4.29. The quantitative estimate of drug-likeness (QED) is 0.833. The Kier molecular flexibility index (Phi) is 3.40. The molecule has 0 saturated carbocycles. The zero-order chi connectivity index (χ0) is 13.2. The standard InChI is InChI=1S/C10H7F3O4/c1-17-8-6(4-14)2-5(9(15)16)3-7(8)10(11,12)13/h2-4H,1H3,(H,15,16). The number of hydrogen-bond donors (Lipinski definition) is 1. The molecule has 1 aromatic carbocycles. The number of ether oxygens (including phenoxy) is 1. The van der Waals surface area contributed by atoms with Gasteiger partial charge in [0.25, 0.3) is 0 Å². The molecule has 0 amide bonds. The maximum Gasteiger partial charge on any atom is 0.420 e. The lowest BCUT2D eigenvalue weighted by Crippen LogP contribution is -2.11. The Bertz CT molecular complexity index is 465. The van der Waals surface area contributed by atoms with Gasteiger partial charge in [0.2, 0.25) is 0 Å². The van der Waals surface area contributed by atoms with E-state index in [-0.39, 0.29) is 6.29 Å². The molecule has 0 unspecified atom stereocenters. The fourth-order valence-corrected chi connectivity index (χ4v) is 1.30. The molecule has 0 radical (unpaired) electrons. The van der Waals surface area contributed by atoms with Gasteiger partial charge in [-0.2, -0.15) is 13.2 Å². The highest BCUT2D eigenvalue weighted by molar-refractivity contribution is 5.92. The van der Waals surface area contributed by atoms with Crippen LogP contribution >= 0.6 is 0 Å². The SMILES string of the molecule is COc1c(C=O)cc(C(=O)O)cc1C(F)(F)F. The molecule has 0 aliphatic carbocycles. The number of benzene rings is 1. The average molecular weight is 248 g/mol. The van der Waals surface area contributed by atoms with Crippen molar-refractivity contribution >= 4 is 12.3 Å². The molecule has 1 rings (SSSR count). The van der Waals surface area contributed by atoms with Gasteiger partial charge in [-0.05, 0) is 12.1 Å². The lowest BCUT2D eigenvalue weighted by Gasteiger charge is -2.14. The number of halogens is 3. The molecule has 1 N–H and O–H groups in total. The van der Waals surface area contributed by atoms with Gasteiger partial charge < -0.3 is 9.84 Å². The number of alkyl halides is 3. The van der Waals surface area contributed by atoms with Gasteiger partial charge in [0.1, 0.15) is 5.75 Å². The molecular weight excluding hydrogens is 241 g/mol. The minimum Gasteiger partial charge on any atom is -0.495 e. The predicted octanol–water partition coefficient (Wildman–Crippen LogP) is 2.22. The number of carbonyl (C=O) groups excluding carboxylic acids is 1. The summed E-state index contributed by atoms with van der Waals surface area (Å²) >= 11 is 0. The van der Waals surface area contributed by atoms with Crippen molar-refractivity contribution in [3.63, 3.8) is 0 Å². The Labute approximate surface area is 93.6 Å². The van der Waals surface area contributed by atoms with E-state index in [1.54, 1.807) is 0 Å². The van der Waals surface area contributed by atoms with Crippen LogP contribution in [0.25, 0.3) is 0 Å². The minimum absolute atomic E-state index is 0.112. The number of hydrogen-bond acceptors (Lipinski definition) is 3. The van der Waals surface area contributed by atoms with Crippen LogP contribution in [0.5, 0.6) is 5.75 Å². The highest BCUT2D eigenvalue weighted by Gasteiger charge is 2.36. The molecule has 17 heavy (non-hydrogen) atoms. The summed E-state index contributed by atoms with van der Waals surface area (Å²) in [5.74, 6) is -2.24. The van der Waals surface area contributed by atoms with Gasteiger partial charge in [-0.1, -0.05) is 0 Å². The van der Waals surface area contributed by atoms with Gasteiger partial charge in [-0.25, -0.2) is 4.79 Å². The average Bonchev–Trinajstić information content (AvgIpc) is 2.25. The normalized spacial score (nSPS) is 11.1. The molecule has 0 fully saturated rings. The first-order valence-corrected chi connectivity index (χ1v) is 4.29. The summed E-state index contributed by atoms with van der Waals surface area (Å²) in [6, 6.07) is 1.25. The van der Waals surface area contributed by atoms with E-state index in [0.29, 0.717) is 6.07 Å². The molecule has 0 saturated heterocycles. The number of aromatic carboxylic acids is 1. The first kappa shape index (κ1) is 13.0. The molecule has 0 atom stereocenters. The molecule has 0 heterocycles. The second kappa shape index (κ2) is 4.44. The van der Waals surface area contributed by atoms with Crippen LogP contribution in [0.2, 0.25) is 0 Å². The summed E-state index contributed by atoms with van der Waals surface area (Å²) < 4.78 is 42.3. The van der Waals surface area contributed by atoms with E-state index in [1.165, 1.54) is 0 Å². The number of rotatable bonds is 3. The molecule has 0 spiro atoms. The van der Waals surface area contributed by atoms with Crippen molar-refractivity contribution in [2.75, 3.05) is 7.11 Å². The van der Waals surface area contributed by atoms with Gasteiger partial charge in [0, 0.05) is 0 Å². The zero-order valence-corrected chi connectivity index (χ0v) is 8.54. The molecule has 0 aliphatic rings. The van der Waals surface area contributed by atoms with E-state index in [4.69, 9.17) is 5.11 Å². The van der Waals surface area contributed by atoms with Gasteiger partial charge in [0.05, 0.1) is 23.8 Å². The number of carboxylic acid groups (broad SMARTS) is 1. The molecule has 4 nitrogen and oxygen atoms in total. The first-order chi connectivity index (χ1) is 7.81. The van der Waals surface area contributed by atoms with E-state index in [9.17, 15) is 22.8 Å². The Morgan fingerprint density at radius 3 is 2.35 bits per heavy atom.